The van der Waals surface area contributed by atoms with Crippen LogP contribution in [0.2, 0.25) is 0 Å². The summed E-state index contributed by atoms with van der Waals surface area (Å²) in [6.45, 7) is 0.292. The second-order valence-corrected chi connectivity index (χ2v) is 8.57. The highest BCUT2D eigenvalue weighted by atomic mass is 16.5. The summed E-state index contributed by atoms with van der Waals surface area (Å²) in [5.41, 5.74) is 2.61. The van der Waals surface area contributed by atoms with Crippen molar-refractivity contribution in [1.82, 2.24) is 10.6 Å². The van der Waals surface area contributed by atoms with Crippen LogP contribution in [-0.2, 0) is 38.7 Å². The van der Waals surface area contributed by atoms with Gasteiger partial charge in [-0.25, -0.2) is 9.59 Å². The van der Waals surface area contributed by atoms with Crippen molar-refractivity contribution in [2.45, 2.75) is 38.2 Å². The highest BCUT2D eigenvalue weighted by Gasteiger charge is 2.23. The molecule has 2 atom stereocenters. The van der Waals surface area contributed by atoms with Crippen molar-refractivity contribution >= 4 is 18.0 Å². The molecule has 9 heteroatoms. The Morgan fingerprint density at radius 1 is 0.842 bits per heavy atom. The van der Waals surface area contributed by atoms with Gasteiger partial charge in [-0.05, 0) is 28.8 Å². The summed E-state index contributed by atoms with van der Waals surface area (Å²) < 4.78 is 15.8. The standard InChI is InChI=1S/C29H32N2O7/c1-36-28(34)26(16-23-13-8-14-25(15-23)37-19-21-9-4-2-5-10-21)31-27(33)17-24(32)18-30-29(35)38-20-22-11-6-3-7-12-22/h2-15,24,26,32H,16-20H2,1H3,(H,30,35)(H,31,33)/t24-,26+/m0/s1. The summed E-state index contributed by atoms with van der Waals surface area (Å²) in [5.74, 6) is -0.558. The summed E-state index contributed by atoms with van der Waals surface area (Å²) in [4.78, 5) is 36.7. The van der Waals surface area contributed by atoms with E-state index in [1.807, 2.05) is 72.8 Å². The van der Waals surface area contributed by atoms with Crippen LogP contribution in [-0.4, -0.2) is 48.9 Å². The predicted octanol–water partition coefficient (Wildman–Crippen LogP) is 3.14. The maximum Gasteiger partial charge on any atom is 0.407 e. The Hall–Kier alpha value is -4.37. The van der Waals surface area contributed by atoms with E-state index in [-0.39, 0.29) is 26.0 Å². The first-order valence-corrected chi connectivity index (χ1v) is 12.2. The predicted molar refractivity (Wildman–Crippen MR) is 140 cm³/mol. The zero-order valence-corrected chi connectivity index (χ0v) is 21.2. The summed E-state index contributed by atoms with van der Waals surface area (Å²) in [6.07, 6.45) is -2.05. The molecular weight excluding hydrogens is 488 g/mol. The van der Waals surface area contributed by atoms with E-state index in [2.05, 4.69) is 10.6 Å². The van der Waals surface area contributed by atoms with Crippen molar-refractivity contribution in [2.75, 3.05) is 13.7 Å². The number of carbonyl (C=O) groups excluding carboxylic acids is 3. The smallest absolute Gasteiger partial charge is 0.407 e. The molecule has 0 aromatic heterocycles. The van der Waals surface area contributed by atoms with Gasteiger partial charge in [-0.1, -0.05) is 72.8 Å². The molecule has 3 rings (SSSR count). The Bertz CT molecular complexity index is 1170. The molecule has 3 aromatic carbocycles. The van der Waals surface area contributed by atoms with Crippen LogP contribution in [0.25, 0.3) is 0 Å². The van der Waals surface area contributed by atoms with E-state index < -0.39 is 30.1 Å². The average Bonchev–Trinajstić information content (AvgIpc) is 2.94. The second-order valence-electron chi connectivity index (χ2n) is 8.57. The molecule has 0 radical (unpaired) electrons. The van der Waals surface area contributed by atoms with Crippen LogP contribution in [0.1, 0.15) is 23.1 Å². The number of nitrogens with one attached hydrogen (secondary N) is 2. The number of benzene rings is 3. The van der Waals surface area contributed by atoms with Gasteiger partial charge in [-0.2, -0.15) is 0 Å². The Balaban J connectivity index is 1.46. The van der Waals surface area contributed by atoms with E-state index in [9.17, 15) is 19.5 Å². The van der Waals surface area contributed by atoms with E-state index in [0.29, 0.717) is 12.4 Å². The minimum absolute atomic E-state index is 0.0859. The largest absolute Gasteiger partial charge is 0.489 e. The fourth-order valence-corrected chi connectivity index (χ4v) is 3.59. The van der Waals surface area contributed by atoms with Gasteiger partial charge < -0.3 is 30.0 Å². The molecule has 0 aliphatic carbocycles. The molecule has 0 bridgehead atoms. The van der Waals surface area contributed by atoms with Crippen molar-refractivity contribution in [3.05, 3.63) is 102 Å². The molecule has 200 valence electrons. The minimum Gasteiger partial charge on any atom is -0.489 e. The third-order valence-corrected chi connectivity index (χ3v) is 5.52. The maximum absolute atomic E-state index is 12.5. The number of rotatable bonds is 13. The Morgan fingerprint density at radius 2 is 1.47 bits per heavy atom. The Kier molecular flexibility index (Phi) is 11.1. The lowest BCUT2D eigenvalue weighted by molar-refractivity contribution is -0.145. The number of carbonyl (C=O) groups is 3. The van der Waals surface area contributed by atoms with Crippen molar-refractivity contribution in [2.24, 2.45) is 0 Å². The summed E-state index contributed by atoms with van der Waals surface area (Å²) in [5, 5.41) is 15.2. The molecule has 0 heterocycles. The SMILES string of the molecule is COC(=O)[C@@H](Cc1cccc(OCc2ccccc2)c1)NC(=O)C[C@H](O)CNC(=O)OCc1ccccc1. The quantitative estimate of drug-likeness (QED) is 0.296. The van der Waals surface area contributed by atoms with Crippen LogP contribution < -0.4 is 15.4 Å². The van der Waals surface area contributed by atoms with Gasteiger partial charge in [0.05, 0.1) is 19.6 Å². The molecule has 0 saturated heterocycles. The lowest BCUT2D eigenvalue weighted by atomic mass is 10.1. The number of esters is 1. The molecular formula is C29H32N2O7. The fourth-order valence-electron chi connectivity index (χ4n) is 3.59. The molecule has 9 nitrogen and oxygen atoms in total. The van der Waals surface area contributed by atoms with Crippen molar-refractivity contribution in [3.63, 3.8) is 0 Å². The zero-order valence-electron chi connectivity index (χ0n) is 21.2. The maximum atomic E-state index is 12.5. The number of ether oxygens (including phenoxy) is 3. The first-order chi connectivity index (χ1) is 18.4. The van der Waals surface area contributed by atoms with Crippen LogP contribution in [0.3, 0.4) is 0 Å². The van der Waals surface area contributed by atoms with Crippen molar-refractivity contribution in [3.8, 4) is 5.75 Å². The molecule has 0 aliphatic heterocycles. The van der Waals surface area contributed by atoms with Gasteiger partial charge in [-0.3, -0.25) is 4.79 Å². The van der Waals surface area contributed by atoms with Gasteiger partial charge in [0.15, 0.2) is 0 Å². The van der Waals surface area contributed by atoms with Crippen molar-refractivity contribution in [1.29, 1.82) is 0 Å². The van der Waals surface area contributed by atoms with E-state index >= 15 is 0 Å². The number of alkyl carbamates (subject to hydrolysis) is 1. The highest BCUT2D eigenvalue weighted by molar-refractivity contribution is 5.85. The first kappa shape index (κ1) is 28.2. The number of methoxy groups -OCH3 is 1. The number of hydrogen-bond acceptors (Lipinski definition) is 7. The highest BCUT2D eigenvalue weighted by Crippen LogP contribution is 2.17. The van der Waals surface area contributed by atoms with E-state index in [1.54, 1.807) is 12.1 Å². The first-order valence-electron chi connectivity index (χ1n) is 12.2. The monoisotopic (exact) mass is 520 g/mol. The minimum atomic E-state index is -1.17. The Morgan fingerprint density at radius 3 is 2.13 bits per heavy atom. The molecule has 2 amide bonds. The third-order valence-electron chi connectivity index (χ3n) is 5.52. The van der Waals surface area contributed by atoms with Crippen LogP contribution in [0.15, 0.2) is 84.9 Å². The lowest BCUT2D eigenvalue weighted by Gasteiger charge is -2.18. The third kappa shape index (κ3) is 9.94. The summed E-state index contributed by atoms with van der Waals surface area (Å²) >= 11 is 0. The number of amides is 2. The van der Waals surface area contributed by atoms with Gasteiger partial charge in [0.1, 0.15) is 25.0 Å². The molecule has 0 fully saturated rings. The van der Waals surface area contributed by atoms with Crippen LogP contribution in [0, 0.1) is 0 Å². The average molecular weight is 521 g/mol. The molecule has 3 aromatic rings. The zero-order chi connectivity index (χ0) is 27.2. The number of hydrogen-bond donors (Lipinski definition) is 3. The van der Waals surface area contributed by atoms with E-state index in [1.165, 1.54) is 7.11 Å². The molecule has 0 unspecified atom stereocenters. The molecule has 0 aliphatic rings. The van der Waals surface area contributed by atoms with Gasteiger partial charge >= 0.3 is 12.1 Å². The Labute approximate surface area is 221 Å². The van der Waals surface area contributed by atoms with E-state index in [0.717, 1.165) is 16.7 Å². The van der Waals surface area contributed by atoms with Gasteiger partial charge in [0.2, 0.25) is 5.91 Å². The van der Waals surface area contributed by atoms with Gasteiger partial charge in [0.25, 0.3) is 0 Å². The van der Waals surface area contributed by atoms with Gasteiger partial charge in [0, 0.05) is 13.0 Å². The topological polar surface area (TPSA) is 123 Å². The van der Waals surface area contributed by atoms with Crippen LogP contribution >= 0.6 is 0 Å². The summed E-state index contributed by atoms with van der Waals surface area (Å²) in [7, 11) is 1.24. The lowest BCUT2D eigenvalue weighted by Crippen LogP contribution is -2.45. The second kappa shape index (κ2) is 15.0. The van der Waals surface area contributed by atoms with Crippen LogP contribution in [0.4, 0.5) is 4.79 Å². The molecule has 38 heavy (non-hydrogen) atoms. The number of aliphatic hydroxyl groups is 1. The van der Waals surface area contributed by atoms with Gasteiger partial charge in [-0.15, -0.1) is 0 Å². The molecule has 0 saturated carbocycles. The summed E-state index contributed by atoms with van der Waals surface area (Å²) in [6, 6.07) is 25.1. The normalized spacial score (nSPS) is 12.1. The van der Waals surface area contributed by atoms with E-state index in [4.69, 9.17) is 14.2 Å². The molecule has 0 spiro atoms. The number of aliphatic hydroxyl groups excluding tert-OH is 1. The fraction of sp³-hybridized carbons (Fsp3) is 0.276. The van der Waals surface area contributed by atoms with Crippen LogP contribution in [0.5, 0.6) is 5.75 Å². The van der Waals surface area contributed by atoms with Crippen molar-refractivity contribution < 1.29 is 33.7 Å². The molecule has 3 N–H and O–H groups in total.